The molecule has 1 atom stereocenters. The smallest absolute Gasteiger partial charge is 0.350 e. The summed E-state index contributed by atoms with van der Waals surface area (Å²) in [5.41, 5.74) is 0. The van der Waals surface area contributed by atoms with Gasteiger partial charge in [-0.25, -0.2) is 17.6 Å². The Labute approximate surface area is 164 Å². The quantitative estimate of drug-likeness (QED) is 0.677. The van der Waals surface area contributed by atoms with Crippen molar-refractivity contribution in [1.29, 1.82) is 0 Å². The molecule has 27 heavy (non-hydrogen) atoms. The Balaban J connectivity index is 1.68. The lowest BCUT2D eigenvalue weighted by Crippen LogP contribution is -2.43. The minimum atomic E-state index is -3.13. The molecule has 0 saturated carbocycles. The number of ether oxygens (including phenoxy) is 1. The van der Waals surface area contributed by atoms with E-state index in [1.54, 1.807) is 6.92 Å². The number of nitrogens with zero attached hydrogens (tertiary/aromatic N) is 1. The third-order valence-electron chi connectivity index (χ3n) is 4.41. The first-order valence-corrected chi connectivity index (χ1v) is 11.3. The zero-order valence-electron chi connectivity index (χ0n) is 14.4. The predicted octanol–water partition coefficient (Wildman–Crippen LogP) is 2.89. The Morgan fingerprint density at radius 1 is 1.41 bits per heavy atom. The molecule has 1 aromatic heterocycles. The first-order valence-electron chi connectivity index (χ1n) is 8.26. The number of sulfone groups is 1. The predicted molar refractivity (Wildman–Crippen MR) is 102 cm³/mol. The molecule has 1 saturated heterocycles. The van der Waals surface area contributed by atoms with Crippen LogP contribution in [0, 0.1) is 5.82 Å². The minimum absolute atomic E-state index is 0.0508. The highest BCUT2D eigenvalue weighted by atomic mass is 35.5. The zero-order valence-corrected chi connectivity index (χ0v) is 16.8. The molecule has 6 nitrogen and oxygen atoms in total. The van der Waals surface area contributed by atoms with Crippen LogP contribution in [0.15, 0.2) is 18.2 Å². The highest BCUT2D eigenvalue weighted by Crippen LogP contribution is 2.36. The summed E-state index contributed by atoms with van der Waals surface area (Å²) in [7, 11) is -3.13. The summed E-state index contributed by atoms with van der Waals surface area (Å²) in [4.78, 5) is 26.2. The van der Waals surface area contributed by atoms with Crippen molar-refractivity contribution >= 4 is 54.7 Å². The number of hydrogen-bond donors (Lipinski definition) is 0. The van der Waals surface area contributed by atoms with Crippen LogP contribution in [0.3, 0.4) is 0 Å². The summed E-state index contributed by atoms with van der Waals surface area (Å²) in [6.07, 6.45) is 0.379. The van der Waals surface area contributed by atoms with E-state index in [-0.39, 0.29) is 21.4 Å². The third kappa shape index (κ3) is 4.25. The molecular formula is C17H17ClFNO5S2. The van der Waals surface area contributed by atoms with Gasteiger partial charge in [0.1, 0.15) is 10.7 Å². The first kappa shape index (κ1) is 20.0. The van der Waals surface area contributed by atoms with Gasteiger partial charge in [0.2, 0.25) is 0 Å². The lowest BCUT2D eigenvalue weighted by atomic mass is 10.2. The van der Waals surface area contributed by atoms with E-state index in [9.17, 15) is 22.4 Å². The molecule has 0 radical (unpaired) electrons. The Bertz CT molecular complexity index is 1000. The number of carbonyl (C=O) groups excluding carboxylic acids is 2. The average Bonchev–Trinajstić information content (AvgIpc) is 3.13. The van der Waals surface area contributed by atoms with Crippen molar-refractivity contribution in [2.45, 2.75) is 19.4 Å². The van der Waals surface area contributed by atoms with Gasteiger partial charge in [-0.3, -0.25) is 4.79 Å². The van der Waals surface area contributed by atoms with E-state index >= 15 is 0 Å². The van der Waals surface area contributed by atoms with E-state index < -0.39 is 40.2 Å². The van der Waals surface area contributed by atoms with Gasteiger partial charge in [0.25, 0.3) is 5.91 Å². The van der Waals surface area contributed by atoms with Gasteiger partial charge in [0.05, 0.1) is 16.5 Å². The summed E-state index contributed by atoms with van der Waals surface area (Å²) in [6, 6.07) is 3.59. The van der Waals surface area contributed by atoms with E-state index in [0.29, 0.717) is 23.1 Å². The Morgan fingerprint density at radius 3 is 2.78 bits per heavy atom. The molecule has 3 rings (SSSR count). The third-order valence-corrected chi connectivity index (χ3v) is 7.80. The molecule has 0 unspecified atom stereocenters. The summed E-state index contributed by atoms with van der Waals surface area (Å²) in [5, 5.41) is 0.689. The van der Waals surface area contributed by atoms with Crippen molar-refractivity contribution in [3.05, 3.63) is 33.9 Å². The fraction of sp³-hybridized carbons (Fsp3) is 0.412. The largest absolute Gasteiger partial charge is 0.451 e. The Morgan fingerprint density at radius 2 is 2.15 bits per heavy atom. The molecule has 0 spiro atoms. The zero-order chi connectivity index (χ0) is 19.8. The number of carbonyl (C=O) groups is 2. The molecule has 146 valence electrons. The second kappa shape index (κ2) is 7.73. The summed E-state index contributed by atoms with van der Waals surface area (Å²) in [6.45, 7) is 1.55. The molecule has 1 aliphatic rings. The second-order valence-electron chi connectivity index (χ2n) is 6.20. The van der Waals surface area contributed by atoms with E-state index in [1.165, 1.54) is 23.1 Å². The average molecular weight is 434 g/mol. The number of halogens is 2. The highest BCUT2D eigenvalue weighted by molar-refractivity contribution is 7.91. The van der Waals surface area contributed by atoms with Crippen LogP contribution in [0.4, 0.5) is 4.39 Å². The maximum Gasteiger partial charge on any atom is 0.350 e. The van der Waals surface area contributed by atoms with E-state index in [1.807, 2.05) is 0 Å². The van der Waals surface area contributed by atoms with Crippen LogP contribution >= 0.6 is 22.9 Å². The van der Waals surface area contributed by atoms with E-state index in [0.717, 1.165) is 11.3 Å². The van der Waals surface area contributed by atoms with Crippen LogP contribution in [0.1, 0.15) is 23.0 Å². The molecule has 0 aliphatic carbocycles. The summed E-state index contributed by atoms with van der Waals surface area (Å²) in [5.74, 6) is -1.70. The topological polar surface area (TPSA) is 80.8 Å². The molecule has 2 aromatic rings. The number of benzene rings is 1. The molecule has 1 amide bonds. The normalized spacial score (nSPS) is 18.6. The van der Waals surface area contributed by atoms with Gasteiger partial charge in [-0.15, -0.1) is 11.3 Å². The Hall–Kier alpha value is -1.71. The fourth-order valence-corrected chi connectivity index (χ4v) is 6.26. The van der Waals surface area contributed by atoms with Crippen molar-refractivity contribution in [2.75, 3.05) is 24.7 Å². The molecule has 1 fully saturated rings. The molecule has 0 N–H and O–H groups in total. The van der Waals surface area contributed by atoms with Crippen LogP contribution in [0.2, 0.25) is 5.02 Å². The maximum atomic E-state index is 13.3. The first-order chi connectivity index (χ1) is 12.7. The molecular weight excluding hydrogens is 417 g/mol. The van der Waals surface area contributed by atoms with Crippen LogP contribution < -0.4 is 0 Å². The lowest BCUT2D eigenvalue weighted by Gasteiger charge is -2.26. The molecule has 0 bridgehead atoms. The van der Waals surface area contributed by atoms with E-state index in [4.69, 9.17) is 16.3 Å². The number of hydrogen-bond acceptors (Lipinski definition) is 6. The van der Waals surface area contributed by atoms with Crippen LogP contribution in [-0.2, 0) is 19.4 Å². The van der Waals surface area contributed by atoms with Gasteiger partial charge in [0, 0.05) is 22.7 Å². The molecule has 1 aliphatic heterocycles. The van der Waals surface area contributed by atoms with Crippen molar-refractivity contribution in [3.63, 3.8) is 0 Å². The number of likely N-dealkylation sites (N-methyl/N-ethyl adjacent to an activating group) is 1. The number of amides is 1. The summed E-state index contributed by atoms with van der Waals surface area (Å²) >= 11 is 7.16. The molecule has 1 aromatic carbocycles. The minimum Gasteiger partial charge on any atom is -0.451 e. The fourth-order valence-electron chi connectivity index (χ4n) is 3.11. The molecule has 10 heteroatoms. The van der Waals surface area contributed by atoms with Crippen molar-refractivity contribution in [3.8, 4) is 0 Å². The van der Waals surface area contributed by atoms with Gasteiger partial charge in [-0.1, -0.05) is 11.6 Å². The lowest BCUT2D eigenvalue weighted by molar-refractivity contribution is -0.136. The van der Waals surface area contributed by atoms with Gasteiger partial charge < -0.3 is 9.64 Å². The monoisotopic (exact) mass is 433 g/mol. The maximum absolute atomic E-state index is 13.3. The van der Waals surface area contributed by atoms with Crippen molar-refractivity contribution < 1.29 is 27.1 Å². The van der Waals surface area contributed by atoms with Crippen LogP contribution in [-0.4, -0.2) is 55.9 Å². The van der Waals surface area contributed by atoms with Crippen molar-refractivity contribution in [2.24, 2.45) is 0 Å². The number of esters is 1. The van der Waals surface area contributed by atoms with Crippen LogP contribution in [0.5, 0.6) is 0 Å². The highest BCUT2D eigenvalue weighted by Gasteiger charge is 2.34. The van der Waals surface area contributed by atoms with Gasteiger partial charge >= 0.3 is 5.97 Å². The Kier molecular flexibility index (Phi) is 5.73. The van der Waals surface area contributed by atoms with Crippen molar-refractivity contribution in [1.82, 2.24) is 4.90 Å². The van der Waals surface area contributed by atoms with Gasteiger partial charge in [0.15, 0.2) is 16.4 Å². The van der Waals surface area contributed by atoms with E-state index in [2.05, 4.69) is 0 Å². The number of rotatable bonds is 5. The molecule has 2 heterocycles. The summed E-state index contributed by atoms with van der Waals surface area (Å²) < 4.78 is 42.1. The van der Waals surface area contributed by atoms with Gasteiger partial charge in [-0.05, 0) is 31.5 Å². The number of fused-ring (bicyclic) bond motifs is 1. The van der Waals surface area contributed by atoms with Gasteiger partial charge in [-0.2, -0.15) is 0 Å². The van der Waals surface area contributed by atoms with Crippen LogP contribution in [0.25, 0.3) is 10.1 Å². The number of thiophene rings is 1. The standard InChI is InChI=1S/C17H17ClFNO5S2/c1-2-20(11-5-6-27(23,24)9-11)14(21)8-25-17(22)16-15(18)12-4-3-10(19)7-13(12)26-16/h3-4,7,11H,2,5-6,8-9H2,1H3/t11-/m1/s1. The second-order valence-corrected chi connectivity index (χ2v) is 9.86. The SMILES string of the molecule is CCN(C(=O)COC(=O)c1sc2cc(F)ccc2c1Cl)[C@@H]1CCS(=O)(=O)C1.